The number of amides is 1. The standard InChI is InChI=1S/C17H23N3O2S/c1-12-14-6-5-13(11-15(14)23-18-12)19-7-9-20(10-8-19)16(21)22-17(2,3)4/h5-6,11H,7-10H2,1-4H3. The molecule has 0 N–H and O–H groups in total. The maximum absolute atomic E-state index is 12.1. The van der Waals surface area contributed by atoms with E-state index in [1.165, 1.54) is 15.8 Å². The zero-order chi connectivity index (χ0) is 16.6. The summed E-state index contributed by atoms with van der Waals surface area (Å²) in [6.07, 6.45) is -0.217. The number of nitrogens with zero attached hydrogens (tertiary/aromatic N) is 3. The van der Waals surface area contributed by atoms with Crippen LogP contribution >= 0.6 is 11.5 Å². The number of hydrogen-bond donors (Lipinski definition) is 0. The Balaban J connectivity index is 1.65. The summed E-state index contributed by atoms with van der Waals surface area (Å²) < 4.78 is 11.1. The number of anilines is 1. The molecule has 1 aliphatic rings. The third-order valence-electron chi connectivity index (χ3n) is 3.93. The molecule has 1 fully saturated rings. The first-order valence-electron chi connectivity index (χ1n) is 7.92. The first-order chi connectivity index (χ1) is 10.8. The lowest BCUT2D eigenvalue weighted by Crippen LogP contribution is -2.50. The van der Waals surface area contributed by atoms with Crippen molar-refractivity contribution in [3.63, 3.8) is 0 Å². The molecule has 0 aliphatic carbocycles. The summed E-state index contributed by atoms with van der Waals surface area (Å²) in [5, 5.41) is 1.23. The molecule has 3 rings (SSSR count). The highest BCUT2D eigenvalue weighted by molar-refractivity contribution is 7.13. The van der Waals surface area contributed by atoms with Crippen LogP contribution in [0.1, 0.15) is 26.5 Å². The van der Waals surface area contributed by atoms with Crippen molar-refractivity contribution in [2.75, 3.05) is 31.1 Å². The van der Waals surface area contributed by atoms with Crippen molar-refractivity contribution in [2.45, 2.75) is 33.3 Å². The number of rotatable bonds is 1. The van der Waals surface area contributed by atoms with E-state index in [0.717, 1.165) is 18.8 Å². The highest BCUT2D eigenvalue weighted by Gasteiger charge is 2.26. The monoisotopic (exact) mass is 333 g/mol. The predicted molar refractivity (Wildman–Crippen MR) is 94.4 cm³/mol. The van der Waals surface area contributed by atoms with Crippen molar-refractivity contribution < 1.29 is 9.53 Å². The molecule has 1 aromatic carbocycles. The Kier molecular flexibility index (Phi) is 4.19. The van der Waals surface area contributed by atoms with Crippen molar-refractivity contribution in [1.82, 2.24) is 9.27 Å². The quantitative estimate of drug-likeness (QED) is 0.799. The molecule has 2 aromatic rings. The molecule has 2 heterocycles. The Morgan fingerprint density at radius 3 is 2.57 bits per heavy atom. The lowest BCUT2D eigenvalue weighted by molar-refractivity contribution is 0.0240. The van der Waals surface area contributed by atoms with Gasteiger partial charge in [-0.15, -0.1) is 0 Å². The summed E-state index contributed by atoms with van der Waals surface area (Å²) in [5.41, 5.74) is 1.85. The number of benzene rings is 1. The third-order valence-corrected chi connectivity index (χ3v) is 4.83. The Bertz CT molecular complexity index is 712. The summed E-state index contributed by atoms with van der Waals surface area (Å²) in [6, 6.07) is 6.49. The predicted octanol–water partition coefficient (Wildman–Crippen LogP) is 3.66. The molecule has 0 radical (unpaired) electrons. The van der Waals surface area contributed by atoms with E-state index in [0.29, 0.717) is 13.1 Å². The van der Waals surface area contributed by atoms with Crippen molar-refractivity contribution in [2.24, 2.45) is 0 Å². The Hall–Kier alpha value is -1.82. The average Bonchev–Trinajstić information content (AvgIpc) is 2.87. The van der Waals surface area contributed by atoms with Gasteiger partial charge in [-0.05, 0) is 57.4 Å². The summed E-state index contributed by atoms with van der Waals surface area (Å²) in [7, 11) is 0. The fraction of sp³-hybridized carbons (Fsp3) is 0.529. The van der Waals surface area contributed by atoms with Crippen molar-refractivity contribution in [3.8, 4) is 0 Å². The maximum Gasteiger partial charge on any atom is 0.410 e. The van der Waals surface area contributed by atoms with Crippen LogP contribution in [0.4, 0.5) is 10.5 Å². The smallest absolute Gasteiger partial charge is 0.410 e. The van der Waals surface area contributed by atoms with Crippen LogP contribution < -0.4 is 4.90 Å². The minimum atomic E-state index is -0.441. The van der Waals surface area contributed by atoms with Gasteiger partial charge in [0.2, 0.25) is 0 Å². The number of carbonyl (C=O) groups excluding carboxylic acids is 1. The second kappa shape index (κ2) is 6.00. The topological polar surface area (TPSA) is 45.7 Å². The molecule has 124 valence electrons. The lowest BCUT2D eigenvalue weighted by Gasteiger charge is -2.36. The molecule has 5 nitrogen and oxygen atoms in total. The van der Waals surface area contributed by atoms with Crippen LogP contribution in [0.15, 0.2) is 18.2 Å². The van der Waals surface area contributed by atoms with E-state index in [1.54, 1.807) is 16.4 Å². The maximum atomic E-state index is 12.1. The molecular formula is C17H23N3O2S. The molecule has 1 aliphatic heterocycles. The van der Waals surface area contributed by atoms with Crippen LogP contribution in [0.25, 0.3) is 10.1 Å². The van der Waals surface area contributed by atoms with Gasteiger partial charge >= 0.3 is 6.09 Å². The van der Waals surface area contributed by atoms with Gasteiger partial charge in [0, 0.05) is 37.3 Å². The average molecular weight is 333 g/mol. The molecule has 0 saturated carbocycles. The van der Waals surface area contributed by atoms with Gasteiger partial charge < -0.3 is 14.5 Å². The Morgan fingerprint density at radius 2 is 1.91 bits per heavy atom. The summed E-state index contributed by atoms with van der Waals surface area (Å²) in [5.74, 6) is 0. The van der Waals surface area contributed by atoms with Gasteiger partial charge in [-0.1, -0.05) is 0 Å². The first-order valence-corrected chi connectivity index (χ1v) is 8.70. The number of hydrogen-bond acceptors (Lipinski definition) is 5. The molecule has 0 unspecified atom stereocenters. The lowest BCUT2D eigenvalue weighted by atomic mass is 10.2. The minimum Gasteiger partial charge on any atom is -0.444 e. The molecule has 1 amide bonds. The van der Waals surface area contributed by atoms with Gasteiger partial charge in [0.05, 0.1) is 10.4 Å². The number of fused-ring (bicyclic) bond motifs is 1. The Labute approximate surface area is 141 Å². The van der Waals surface area contributed by atoms with Crippen LogP contribution in [0, 0.1) is 6.92 Å². The SMILES string of the molecule is Cc1nsc2cc(N3CCN(C(=O)OC(C)(C)C)CC3)ccc12. The van der Waals surface area contributed by atoms with E-state index in [4.69, 9.17) is 4.74 Å². The molecule has 1 saturated heterocycles. The van der Waals surface area contributed by atoms with Crippen LogP contribution in [0.5, 0.6) is 0 Å². The van der Waals surface area contributed by atoms with E-state index in [9.17, 15) is 4.79 Å². The van der Waals surface area contributed by atoms with Crippen LogP contribution in [0.2, 0.25) is 0 Å². The Morgan fingerprint density at radius 1 is 1.22 bits per heavy atom. The summed E-state index contributed by atoms with van der Waals surface area (Å²) in [6.45, 7) is 10.8. The van der Waals surface area contributed by atoms with Gasteiger partial charge in [0.15, 0.2) is 0 Å². The van der Waals surface area contributed by atoms with Gasteiger partial charge in [-0.25, -0.2) is 4.79 Å². The molecule has 1 aromatic heterocycles. The van der Waals surface area contributed by atoms with Crippen LogP contribution in [-0.2, 0) is 4.74 Å². The van der Waals surface area contributed by atoms with E-state index in [1.807, 2.05) is 27.7 Å². The first kappa shape index (κ1) is 16.1. The fourth-order valence-electron chi connectivity index (χ4n) is 2.72. The molecular weight excluding hydrogens is 310 g/mol. The highest BCUT2D eigenvalue weighted by Crippen LogP contribution is 2.28. The van der Waals surface area contributed by atoms with E-state index in [2.05, 4.69) is 27.5 Å². The zero-order valence-electron chi connectivity index (χ0n) is 14.1. The number of ether oxygens (including phenoxy) is 1. The highest BCUT2D eigenvalue weighted by atomic mass is 32.1. The van der Waals surface area contributed by atoms with Gasteiger partial charge in [0.1, 0.15) is 5.60 Å². The number of aromatic nitrogens is 1. The number of piperazine rings is 1. The minimum absolute atomic E-state index is 0.217. The van der Waals surface area contributed by atoms with Gasteiger partial charge in [-0.3, -0.25) is 0 Å². The normalized spacial score (nSPS) is 16.0. The molecule has 0 bridgehead atoms. The largest absolute Gasteiger partial charge is 0.444 e. The van der Waals surface area contributed by atoms with Crippen LogP contribution in [-0.4, -0.2) is 47.1 Å². The molecule has 0 spiro atoms. The summed E-state index contributed by atoms with van der Waals surface area (Å²) in [4.78, 5) is 16.2. The van der Waals surface area contributed by atoms with Crippen molar-refractivity contribution >= 4 is 33.4 Å². The van der Waals surface area contributed by atoms with E-state index >= 15 is 0 Å². The van der Waals surface area contributed by atoms with E-state index < -0.39 is 5.60 Å². The third kappa shape index (κ3) is 3.58. The fourth-order valence-corrected chi connectivity index (χ4v) is 3.54. The zero-order valence-corrected chi connectivity index (χ0v) is 14.9. The number of aryl methyl sites for hydroxylation is 1. The second-order valence-electron chi connectivity index (χ2n) is 6.90. The van der Waals surface area contributed by atoms with Crippen molar-refractivity contribution in [1.29, 1.82) is 0 Å². The van der Waals surface area contributed by atoms with Gasteiger partial charge in [-0.2, -0.15) is 4.37 Å². The second-order valence-corrected chi connectivity index (χ2v) is 7.71. The van der Waals surface area contributed by atoms with Gasteiger partial charge in [0.25, 0.3) is 0 Å². The molecule has 6 heteroatoms. The number of carbonyl (C=O) groups is 1. The summed E-state index contributed by atoms with van der Waals surface area (Å²) >= 11 is 1.54. The van der Waals surface area contributed by atoms with E-state index in [-0.39, 0.29) is 6.09 Å². The molecule has 0 atom stereocenters. The van der Waals surface area contributed by atoms with Crippen LogP contribution in [0.3, 0.4) is 0 Å². The van der Waals surface area contributed by atoms with Crippen molar-refractivity contribution in [3.05, 3.63) is 23.9 Å². The molecule has 23 heavy (non-hydrogen) atoms.